The highest BCUT2D eigenvalue weighted by Gasteiger charge is 2.11. The van der Waals surface area contributed by atoms with Crippen LogP contribution in [0.3, 0.4) is 0 Å². The number of carbonyl (C=O) groups excluding carboxylic acids is 1. The third-order valence-electron chi connectivity index (χ3n) is 3.58. The quantitative estimate of drug-likeness (QED) is 0.698. The molecule has 3 aromatic rings. The van der Waals surface area contributed by atoms with Gasteiger partial charge in [-0.3, -0.25) is 9.20 Å². The van der Waals surface area contributed by atoms with Crippen molar-refractivity contribution >= 4 is 11.6 Å². The van der Waals surface area contributed by atoms with E-state index in [-0.39, 0.29) is 12.2 Å². The van der Waals surface area contributed by atoms with Crippen LogP contribution in [0.15, 0.2) is 53.5 Å². The second kappa shape index (κ2) is 6.04. The zero-order valence-corrected chi connectivity index (χ0v) is 12.9. The fraction of sp³-hybridized carbons (Fsp3) is 0.167. The normalized spacial score (nSPS) is 10.7. The molecule has 0 aliphatic carbocycles. The number of hydrogen-bond donors (Lipinski definition) is 0. The molecule has 1 aromatic carbocycles. The number of ether oxygens (including phenoxy) is 1. The zero-order valence-electron chi connectivity index (χ0n) is 12.9. The van der Waals surface area contributed by atoms with E-state index in [1.54, 1.807) is 24.4 Å². The first kappa shape index (κ1) is 15.0. The summed E-state index contributed by atoms with van der Waals surface area (Å²) in [4.78, 5) is 28.6. The summed E-state index contributed by atoms with van der Waals surface area (Å²) in [7, 11) is 0. The van der Waals surface area contributed by atoms with Gasteiger partial charge in [-0.2, -0.15) is 0 Å². The average molecular weight is 308 g/mol. The Bertz CT molecular complexity index is 944. The summed E-state index contributed by atoms with van der Waals surface area (Å²) in [5.41, 5.74) is 3.10. The fourth-order valence-corrected chi connectivity index (χ4v) is 2.35. The minimum absolute atomic E-state index is 0.0349. The first-order valence-corrected chi connectivity index (χ1v) is 7.26. The van der Waals surface area contributed by atoms with Gasteiger partial charge in [0.25, 0.3) is 5.56 Å². The smallest absolute Gasteiger partial charge is 0.338 e. The third-order valence-corrected chi connectivity index (χ3v) is 3.58. The Morgan fingerprint density at radius 1 is 1.17 bits per heavy atom. The maximum atomic E-state index is 12.1. The summed E-state index contributed by atoms with van der Waals surface area (Å²) in [5, 5.41) is 0. The largest absolute Gasteiger partial charge is 0.456 e. The number of aromatic nitrogens is 2. The molecule has 0 unspecified atom stereocenters. The molecular weight excluding hydrogens is 292 g/mol. The topological polar surface area (TPSA) is 60.7 Å². The highest BCUT2D eigenvalue weighted by atomic mass is 16.5. The van der Waals surface area contributed by atoms with Crippen molar-refractivity contribution in [3.63, 3.8) is 0 Å². The summed E-state index contributed by atoms with van der Waals surface area (Å²) < 4.78 is 6.75. The second-order valence-electron chi connectivity index (χ2n) is 5.41. The second-order valence-corrected chi connectivity index (χ2v) is 5.41. The Morgan fingerprint density at radius 2 is 1.96 bits per heavy atom. The van der Waals surface area contributed by atoms with Gasteiger partial charge in [0.1, 0.15) is 12.3 Å². The van der Waals surface area contributed by atoms with Crippen LogP contribution in [0, 0.1) is 13.8 Å². The maximum absolute atomic E-state index is 12.1. The van der Waals surface area contributed by atoms with Crippen molar-refractivity contribution in [2.45, 2.75) is 20.5 Å². The highest BCUT2D eigenvalue weighted by molar-refractivity contribution is 5.90. The molecule has 5 heteroatoms. The molecule has 23 heavy (non-hydrogen) atoms. The minimum atomic E-state index is -0.422. The van der Waals surface area contributed by atoms with Crippen LogP contribution < -0.4 is 5.56 Å². The van der Waals surface area contributed by atoms with Gasteiger partial charge < -0.3 is 4.74 Å². The molecule has 3 rings (SSSR count). The van der Waals surface area contributed by atoms with Crippen LogP contribution >= 0.6 is 0 Å². The molecule has 0 aliphatic rings. The van der Waals surface area contributed by atoms with E-state index in [0.717, 1.165) is 11.1 Å². The Labute approximate surface area is 133 Å². The van der Waals surface area contributed by atoms with Crippen molar-refractivity contribution in [1.82, 2.24) is 9.38 Å². The molecule has 116 valence electrons. The minimum Gasteiger partial charge on any atom is -0.456 e. The van der Waals surface area contributed by atoms with E-state index >= 15 is 0 Å². The Morgan fingerprint density at radius 3 is 2.74 bits per heavy atom. The number of aryl methyl sites for hydroxylation is 2. The van der Waals surface area contributed by atoms with E-state index in [9.17, 15) is 9.59 Å². The molecule has 0 bridgehead atoms. The van der Waals surface area contributed by atoms with Crippen LogP contribution in [-0.2, 0) is 11.3 Å². The number of hydrogen-bond acceptors (Lipinski definition) is 4. The fourth-order valence-electron chi connectivity index (χ4n) is 2.35. The summed E-state index contributed by atoms with van der Waals surface area (Å²) >= 11 is 0. The van der Waals surface area contributed by atoms with E-state index in [1.165, 1.54) is 10.5 Å². The SMILES string of the molecule is Cc1ccc2nc(COC(=O)c3ccccc3C)cc(=O)n2c1. The van der Waals surface area contributed by atoms with E-state index in [1.807, 2.05) is 32.0 Å². The predicted molar refractivity (Wildman–Crippen MR) is 86.5 cm³/mol. The molecule has 2 heterocycles. The van der Waals surface area contributed by atoms with E-state index in [0.29, 0.717) is 16.9 Å². The summed E-state index contributed by atoms with van der Waals surface area (Å²) in [6.45, 7) is 3.72. The van der Waals surface area contributed by atoms with Gasteiger partial charge in [-0.15, -0.1) is 0 Å². The number of benzene rings is 1. The lowest BCUT2D eigenvalue weighted by atomic mass is 10.1. The van der Waals surface area contributed by atoms with Crippen LogP contribution in [0.25, 0.3) is 5.65 Å². The average Bonchev–Trinajstić information content (AvgIpc) is 2.54. The van der Waals surface area contributed by atoms with Gasteiger partial charge in [-0.05, 0) is 37.1 Å². The molecule has 0 N–H and O–H groups in total. The first-order valence-electron chi connectivity index (χ1n) is 7.26. The van der Waals surface area contributed by atoms with Crippen LogP contribution in [0.5, 0.6) is 0 Å². The Hall–Kier alpha value is -2.95. The number of rotatable bonds is 3. The van der Waals surface area contributed by atoms with Crippen molar-refractivity contribution < 1.29 is 9.53 Å². The summed E-state index contributed by atoms with van der Waals surface area (Å²) in [6, 6.07) is 12.2. The van der Waals surface area contributed by atoms with Crippen LogP contribution in [-0.4, -0.2) is 15.4 Å². The molecule has 2 aromatic heterocycles. The third kappa shape index (κ3) is 3.13. The number of carbonyl (C=O) groups is 1. The van der Waals surface area contributed by atoms with Crippen molar-refractivity contribution in [2.24, 2.45) is 0 Å². The van der Waals surface area contributed by atoms with Gasteiger partial charge in [0, 0.05) is 12.3 Å². The lowest BCUT2D eigenvalue weighted by Gasteiger charge is -2.08. The molecule has 0 saturated carbocycles. The molecule has 0 amide bonds. The maximum Gasteiger partial charge on any atom is 0.338 e. The molecule has 0 aliphatic heterocycles. The van der Waals surface area contributed by atoms with E-state index in [2.05, 4.69) is 4.98 Å². The number of fused-ring (bicyclic) bond motifs is 1. The van der Waals surface area contributed by atoms with Gasteiger partial charge in [0.05, 0.1) is 11.3 Å². The number of nitrogens with zero attached hydrogens (tertiary/aromatic N) is 2. The van der Waals surface area contributed by atoms with Crippen LogP contribution in [0.2, 0.25) is 0 Å². The van der Waals surface area contributed by atoms with Crippen LogP contribution in [0.4, 0.5) is 0 Å². The van der Waals surface area contributed by atoms with E-state index < -0.39 is 5.97 Å². The highest BCUT2D eigenvalue weighted by Crippen LogP contribution is 2.10. The van der Waals surface area contributed by atoms with Crippen LogP contribution in [0.1, 0.15) is 27.2 Å². The molecular formula is C18H16N2O3. The predicted octanol–water partition coefficient (Wildman–Crippen LogP) is 2.67. The van der Waals surface area contributed by atoms with Gasteiger partial charge in [0.2, 0.25) is 0 Å². The molecule has 0 spiro atoms. The lowest BCUT2D eigenvalue weighted by molar-refractivity contribution is 0.0467. The molecule has 0 radical (unpaired) electrons. The van der Waals surface area contributed by atoms with E-state index in [4.69, 9.17) is 4.74 Å². The first-order chi connectivity index (χ1) is 11.0. The number of esters is 1. The van der Waals surface area contributed by atoms with Gasteiger partial charge in [-0.25, -0.2) is 9.78 Å². The van der Waals surface area contributed by atoms with Gasteiger partial charge in [0.15, 0.2) is 0 Å². The molecule has 0 fully saturated rings. The molecule has 0 saturated heterocycles. The Balaban J connectivity index is 1.82. The van der Waals surface area contributed by atoms with Crippen molar-refractivity contribution in [2.75, 3.05) is 0 Å². The molecule has 0 atom stereocenters. The van der Waals surface area contributed by atoms with Gasteiger partial charge in [-0.1, -0.05) is 24.3 Å². The van der Waals surface area contributed by atoms with Crippen molar-refractivity contribution in [3.8, 4) is 0 Å². The summed E-state index contributed by atoms with van der Waals surface area (Å²) in [6.07, 6.45) is 1.73. The number of pyridine rings is 1. The monoisotopic (exact) mass is 308 g/mol. The standard InChI is InChI=1S/C18H16N2O3/c1-12-7-8-16-19-14(9-17(21)20(16)10-12)11-23-18(22)15-6-4-3-5-13(15)2/h3-10H,11H2,1-2H3. The molecule has 5 nitrogen and oxygen atoms in total. The lowest BCUT2D eigenvalue weighted by Crippen LogP contribution is -2.17. The van der Waals surface area contributed by atoms with Crippen molar-refractivity contribution in [3.05, 3.63) is 81.4 Å². The van der Waals surface area contributed by atoms with Gasteiger partial charge >= 0.3 is 5.97 Å². The summed E-state index contributed by atoms with van der Waals surface area (Å²) in [5.74, 6) is -0.422. The van der Waals surface area contributed by atoms with Crippen molar-refractivity contribution in [1.29, 1.82) is 0 Å². The zero-order chi connectivity index (χ0) is 16.4. The Kier molecular flexibility index (Phi) is 3.93.